The first-order valence-electron chi connectivity index (χ1n) is 8.58. The Morgan fingerprint density at radius 2 is 1.92 bits per heavy atom. The number of hydrogen-bond acceptors (Lipinski definition) is 2. The Bertz CT molecular complexity index is 525. The van der Waals surface area contributed by atoms with Crippen molar-refractivity contribution in [2.24, 2.45) is 17.3 Å². The molecule has 3 fully saturated rings. The van der Waals surface area contributed by atoms with Gasteiger partial charge in [-0.15, -0.1) is 0 Å². The van der Waals surface area contributed by atoms with Crippen molar-refractivity contribution in [3.05, 3.63) is 0 Å². The Balaban J connectivity index is 1.59. The van der Waals surface area contributed by atoms with Gasteiger partial charge in [0.05, 0.1) is 11.3 Å². The molecular weight excluding hydrogens is 325 g/mol. The number of nitrogens with one attached hydrogen (secondary N) is 1. The van der Waals surface area contributed by atoms with Crippen LogP contribution in [0, 0.1) is 17.3 Å². The molecule has 0 aromatic rings. The second kappa shape index (κ2) is 6.11. The maximum absolute atomic E-state index is 12.9. The molecule has 3 rings (SSSR count). The van der Waals surface area contributed by atoms with E-state index in [-0.39, 0.29) is 25.3 Å². The third-order valence-corrected chi connectivity index (χ3v) is 6.05. The molecule has 2 unspecified atom stereocenters. The monoisotopic (exact) mass is 348 g/mol. The van der Waals surface area contributed by atoms with E-state index in [0.29, 0.717) is 25.8 Å². The SMILES string of the molecule is O=C(NC1CCCC(C(F)(F)F)C1)N1C[C@@H]2CCC[C@@]2(C(=O)O)C1. The Labute approximate surface area is 138 Å². The number of urea groups is 1. The van der Waals surface area contributed by atoms with Gasteiger partial charge in [-0.1, -0.05) is 12.8 Å². The lowest BCUT2D eigenvalue weighted by atomic mass is 9.81. The van der Waals surface area contributed by atoms with Crippen molar-refractivity contribution in [2.75, 3.05) is 13.1 Å². The summed E-state index contributed by atoms with van der Waals surface area (Å²) in [6, 6.07) is -0.906. The average molecular weight is 348 g/mol. The molecule has 1 saturated heterocycles. The van der Waals surface area contributed by atoms with Crippen molar-refractivity contribution in [2.45, 2.75) is 57.2 Å². The Hall–Kier alpha value is -1.47. The maximum Gasteiger partial charge on any atom is 0.391 e. The molecule has 4 atom stereocenters. The maximum atomic E-state index is 12.9. The number of alkyl halides is 3. The largest absolute Gasteiger partial charge is 0.481 e. The minimum absolute atomic E-state index is 0.0463. The summed E-state index contributed by atoms with van der Waals surface area (Å²) in [5, 5.41) is 12.2. The summed E-state index contributed by atoms with van der Waals surface area (Å²) in [4.78, 5) is 25.5. The summed E-state index contributed by atoms with van der Waals surface area (Å²) in [7, 11) is 0. The number of carbonyl (C=O) groups is 2. The molecule has 0 aromatic heterocycles. The number of carboxylic acid groups (broad SMARTS) is 1. The van der Waals surface area contributed by atoms with E-state index in [9.17, 15) is 27.9 Å². The number of aliphatic carboxylic acids is 1. The predicted octanol–water partition coefficient (Wildman–Crippen LogP) is 3.00. The fourth-order valence-electron chi connectivity index (χ4n) is 4.68. The Morgan fingerprint density at radius 1 is 1.17 bits per heavy atom. The number of rotatable bonds is 2. The third kappa shape index (κ3) is 3.07. The van der Waals surface area contributed by atoms with Crippen LogP contribution in [-0.2, 0) is 4.79 Å². The van der Waals surface area contributed by atoms with Crippen molar-refractivity contribution >= 4 is 12.0 Å². The van der Waals surface area contributed by atoms with Gasteiger partial charge in [0.25, 0.3) is 0 Å². The summed E-state index contributed by atoms with van der Waals surface area (Å²) in [6.07, 6.45) is -1.01. The second-order valence-corrected chi connectivity index (χ2v) is 7.48. The molecule has 3 aliphatic rings. The van der Waals surface area contributed by atoms with Crippen molar-refractivity contribution in [1.82, 2.24) is 10.2 Å². The molecule has 0 radical (unpaired) electrons. The number of likely N-dealkylation sites (tertiary alicyclic amines) is 1. The first-order chi connectivity index (χ1) is 11.2. The molecule has 2 saturated carbocycles. The van der Waals surface area contributed by atoms with Gasteiger partial charge in [0.2, 0.25) is 0 Å². The van der Waals surface area contributed by atoms with Crippen LogP contribution in [0.3, 0.4) is 0 Å². The van der Waals surface area contributed by atoms with Gasteiger partial charge in [0.1, 0.15) is 0 Å². The van der Waals surface area contributed by atoms with E-state index in [1.165, 1.54) is 4.90 Å². The first-order valence-corrected chi connectivity index (χ1v) is 8.58. The number of halogens is 3. The zero-order valence-corrected chi connectivity index (χ0v) is 13.4. The van der Waals surface area contributed by atoms with Crippen LogP contribution in [0.1, 0.15) is 44.9 Å². The minimum atomic E-state index is -4.22. The molecule has 1 heterocycles. The zero-order valence-electron chi connectivity index (χ0n) is 13.4. The summed E-state index contributed by atoms with van der Waals surface area (Å²) in [6.45, 7) is 0.543. The van der Waals surface area contributed by atoms with E-state index in [1.54, 1.807) is 0 Å². The molecule has 2 amide bonds. The lowest BCUT2D eigenvalue weighted by molar-refractivity contribution is -0.183. The summed E-state index contributed by atoms with van der Waals surface area (Å²) >= 11 is 0. The van der Waals surface area contributed by atoms with E-state index >= 15 is 0 Å². The topological polar surface area (TPSA) is 69.6 Å². The summed E-state index contributed by atoms with van der Waals surface area (Å²) < 4.78 is 38.6. The molecule has 8 heteroatoms. The molecule has 136 valence electrons. The van der Waals surface area contributed by atoms with Crippen molar-refractivity contribution in [3.8, 4) is 0 Å². The quantitative estimate of drug-likeness (QED) is 0.806. The van der Waals surface area contributed by atoms with Crippen LogP contribution >= 0.6 is 0 Å². The highest BCUT2D eigenvalue weighted by Gasteiger charge is 2.56. The van der Waals surface area contributed by atoms with Gasteiger partial charge >= 0.3 is 18.2 Å². The van der Waals surface area contributed by atoms with E-state index in [0.717, 1.165) is 12.8 Å². The molecule has 0 spiro atoms. The molecule has 0 aromatic carbocycles. The average Bonchev–Trinajstić information content (AvgIpc) is 3.04. The van der Waals surface area contributed by atoms with E-state index in [4.69, 9.17) is 0 Å². The molecular formula is C16H23F3N2O3. The second-order valence-electron chi connectivity index (χ2n) is 7.48. The van der Waals surface area contributed by atoms with Gasteiger partial charge in [-0.05, 0) is 38.0 Å². The van der Waals surface area contributed by atoms with Crippen LogP contribution in [0.15, 0.2) is 0 Å². The number of nitrogens with zero attached hydrogens (tertiary/aromatic N) is 1. The van der Waals surface area contributed by atoms with E-state index in [2.05, 4.69) is 5.32 Å². The Morgan fingerprint density at radius 3 is 2.54 bits per heavy atom. The van der Waals surface area contributed by atoms with Gasteiger partial charge in [-0.3, -0.25) is 4.79 Å². The van der Waals surface area contributed by atoms with Gasteiger partial charge in [-0.25, -0.2) is 4.79 Å². The number of hydrogen-bond donors (Lipinski definition) is 2. The van der Waals surface area contributed by atoms with Crippen LogP contribution in [0.4, 0.5) is 18.0 Å². The van der Waals surface area contributed by atoms with E-state index in [1.807, 2.05) is 0 Å². The van der Waals surface area contributed by atoms with Gasteiger partial charge < -0.3 is 15.3 Å². The number of fused-ring (bicyclic) bond motifs is 1. The standard InChI is InChI=1S/C16H23F3N2O3/c17-16(18,19)10-3-1-5-12(7-10)20-14(24)21-8-11-4-2-6-15(11,9-21)13(22)23/h10-12H,1-9H2,(H,20,24)(H,22,23)/t10?,11-,12?,15+/m0/s1. The third-order valence-electron chi connectivity index (χ3n) is 6.05. The van der Waals surface area contributed by atoms with Crippen LogP contribution in [0.25, 0.3) is 0 Å². The molecule has 0 bridgehead atoms. The zero-order chi connectivity index (χ0) is 17.5. The normalized spacial score (nSPS) is 36.5. The number of amides is 2. The highest BCUT2D eigenvalue weighted by atomic mass is 19.4. The van der Waals surface area contributed by atoms with Crippen LogP contribution in [0.2, 0.25) is 0 Å². The fourth-order valence-corrected chi connectivity index (χ4v) is 4.68. The molecule has 1 aliphatic heterocycles. The minimum Gasteiger partial charge on any atom is -0.481 e. The summed E-state index contributed by atoms with van der Waals surface area (Å²) in [5.74, 6) is -2.27. The molecule has 2 aliphatic carbocycles. The lowest BCUT2D eigenvalue weighted by Gasteiger charge is -2.32. The van der Waals surface area contributed by atoms with Gasteiger partial charge in [-0.2, -0.15) is 13.2 Å². The molecule has 5 nitrogen and oxygen atoms in total. The van der Waals surface area contributed by atoms with Gasteiger partial charge in [0, 0.05) is 19.1 Å². The molecule has 2 N–H and O–H groups in total. The lowest BCUT2D eigenvalue weighted by Crippen LogP contribution is -2.48. The Kier molecular flexibility index (Phi) is 4.42. The number of carbonyl (C=O) groups excluding carboxylic acids is 1. The van der Waals surface area contributed by atoms with Crippen LogP contribution in [0.5, 0.6) is 0 Å². The molecule has 24 heavy (non-hydrogen) atoms. The smallest absolute Gasteiger partial charge is 0.391 e. The van der Waals surface area contributed by atoms with Crippen molar-refractivity contribution < 1.29 is 27.9 Å². The number of carboxylic acids is 1. The van der Waals surface area contributed by atoms with Crippen molar-refractivity contribution in [1.29, 1.82) is 0 Å². The fraction of sp³-hybridized carbons (Fsp3) is 0.875. The predicted molar refractivity (Wildman–Crippen MR) is 79.3 cm³/mol. The highest BCUT2D eigenvalue weighted by molar-refractivity contribution is 5.80. The van der Waals surface area contributed by atoms with Crippen LogP contribution < -0.4 is 5.32 Å². The van der Waals surface area contributed by atoms with E-state index < -0.39 is 35.6 Å². The van der Waals surface area contributed by atoms with Gasteiger partial charge in [0.15, 0.2) is 0 Å². The highest BCUT2D eigenvalue weighted by Crippen LogP contribution is 2.49. The first kappa shape index (κ1) is 17.4. The van der Waals surface area contributed by atoms with Crippen LogP contribution in [-0.4, -0.2) is 47.3 Å². The summed E-state index contributed by atoms with van der Waals surface area (Å²) in [5.41, 5.74) is -0.863. The van der Waals surface area contributed by atoms with Crippen molar-refractivity contribution in [3.63, 3.8) is 0 Å².